The first-order valence-corrected chi connectivity index (χ1v) is 12.3. The van der Waals surface area contributed by atoms with Gasteiger partial charge in [0.05, 0.1) is 0 Å². The number of halogens is 1. The van der Waals surface area contributed by atoms with Gasteiger partial charge in [-0.2, -0.15) is 0 Å². The van der Waals surface area contributed by atoms with Gasteiger partial charge in [0.15, 0.2) is 0 Å². The van der Waals surface area contributed by atoms with E-state index in [1.807, 2.05) is 0 Å². The van der Waals surface area contributed by atoms with Crippen LogP contribution in [-0.2, 0) is 5.41 Å². The third-order valence-corrected chi connectivity index (χ3v) is 7.49. The van der Waals surface area contributed by atoms with E-state index in [-0.39, 0.29) is 5.41 Å². The molecule has 0 N–H and O–H groups in total. The summed E-state index contributed by atoms with van der Waals surface area (Å²) in [5.41, 5.74) is 6.49. The quantitative estimate of drug-likeness (QED) is 0.212. The van der Waals surface area contributed by atoms with Crippen LogP contribution < -0.4 is 0 Å². The van der Waals surface area contributed by atoms with Crippen LogP contribution in [0.2, 0.25) is 0 Å². The Bertz CT molecular complexity index is 1600. The summed E-state index contributed by atoms with van der Waals surface area (Å²) in [4.78, 5) is 0. The largest absolute Gasteiger partial charge is 0.0622 e. The molecule has 0 aliphatic rings. The fourth-order valence-electron chi connectivity index (χ4n) is 5.02. The summed E-state index contributed by atoms with van der Waals surface area (Å²) in [5, 5.41) is 7.93. The van der Waals surface area contributed by atoms with Crippen LogP contribution in [0.15, 0.2) is 102 Å². The molecule has 0 unspecified atom stereocenters. The van der Waals surface area contributed by atoms with Crippen molar-refractivity contribution in [3.05, 3.63) is 107 Å². The van der Waals surface area contributed by atoms with Crippen LogP contribution in [0.5, 0.6) is 0 Å². The van der Waals surface area contributed by atoms with Gasteiger partial charge in [-0.3, -0.25) is 0 Å². The highest BCUT2D eigenvalue weighted by Gasteiger charge is 2.19. The van der Waals surface area contributed by atoms with E-state index in [0.717, 1.165) is 4.47 Å². The van der Waals surface area contributed by atoms with Gasteiger partial charge >= 0.3 is 0 Å². The molecule has 6 aromatic rings. The molecule has 0 aliphatic heterocycles. The molecule has 160 valence electrons. The normalized spacial score (nSPS) is 12.2. The van der Waals surface area contributed by atoms with Gasteiger partial charge in [0.1, 0.15) is 0 Å². The second-order valence-corrected chi connectivity index (χ2v) is 10.9. The van der Waals surface area contributed by atoms with Gasteiger partial charge in [0, 0.05) is 4.47 Å². The lowest BCUT2D eigenvalue weighted by molar-refractivity contribution is 0.591. The standard InChI is InChI=1S/C32H25Br/c1-32(2,3)25-17-23-13-15-26-28(19-29(33)27-16-14-24(18-25)30(23)31(26)27)22-11-9-21(10-12-22)20-7-5-4-6-8-20/h4-19H,1-3H3. The summed E-state index contributed by atoms with van der Waals surface area (Å²) in [7, 11) is 0. The predicted molar refractivity (Wildman–Crippen MR) is 147 cm³/mol. The minimum Gasteiger partial charge on any atom is -0.0622 e. The SMILES string of the molecule is CC(C)(C)c1cc2ccc3c(Br)cc(-c4ccc(-c5ccccc5)cc4)c4ccc(c1)c2c34. The van der Waals surface area contributed by atoms with Crippen LogP contribution in [-0.4, -0.2) is 0 Å². The minimum atomic E-state index is 0.122. The molecule has 0 amide bonds. The third-order valence-electron chi connectivity index (χ3n) is 6.83. The van der Waals surface area contributed by atoms with Crippen LogP contribution in [0.25, 0.3) is 54.6 Å². The first-order chi connectivity index (χ1) is 15.9. The maximum absolute atomic E-state index is 3.89. The Hall–Kier alpha value is -3.16. The number of hydrogen-bond donors (Lipinski definition) is 0. The van der Waals surface area contributed by atoms with E-state index in [9.17, 15) is 0 Å². The zero-order chi connectivity index (χ0) is 22.7. The van der Waals surface area contributed by atoms with Gasteiger partial charge in [-0.15, -0.1) is 0 Å². The zero-order valence-electron chi connectivity index (χ0n) is 19.1. The lowest BCUT2D eigenvalue weighted by Gasteiger charge is -2.22. The van der Waals surface area contributed by atoms with Crippen LogP contribution in [0.1, 0.15) is 26.3 Å². The Labute approximate surface area is 203 Å². The molecule has 6 rings (SSSR count). The van der Waals surface area contributed by atoms with Gasteiger partial charge in [-0.1, -0.05) is 128 Å². The number of rotatable bonds is 2. The van der Waals surface area contributed by atoms with Crippen molar-refractivity contribution in [2.45, 2.75) is 26.2 Å². The van der Waals surface area contributed by atoms with Crippen molar-refractivity contribution >= 4 is 48.2 Å². The minimum absolute atomic E-state index is 0.122. The molecule has 0 nitrogen and oxygen atoms in total. The van der Waals surface area contributed by atoms with E-state index in [1.54, 1.807) is 0 Å². The van der Waals surface area contributed by atoms with E-state index in [2.05, 4.69) is 134 Å². The molecule has 0 radical (unpaired) electrons. The van der Waals surface area contributed by atoms with E-state index in [0.29, 0.717) is 0 Å². The molecule has 0 spiro atoms. The molecular weight excluding hydrogens is 464 g/mol. The Balaban J connectivity index is 1.59. The second-order valence-electron chi connectivity index (χ2n) is 10.00. The van der Waals surface area contributed by atoms with E-state index < -0.39 is 0 Å². The molecule has 0 aliphatic carbocycles. The monoisotopic (exact) mass is 488 g/mol. The molecular formula is C32H25Br. The van der Waals surface area contributed by atoms with Gasteiger partial charge in [-0.25, -0.2) is 0 Å². The topological polar surface area (TPSA) is 0 Å². The summed E-state index contributed by atoms with van der Waals surface area (Å²) in [6, 6.07) is 35.7. The van der Waals surface area contributed by atoms with Gasteiger partial charge in [-0.05, 0) is 71.6 Å². The highest BCUT2D eigenvalue weighted by Crippen LogP contribution is 2.44. The molecule has 0 saturated carbocycles. The molecule has 0 aromatic heterocycles. The van der Waals surface area contributed by atoms with Crippen LogP contribution in [0, 0.1) is 0 Å². The molecule has 0 saturated heterocycles. The first kappa shape index (κ1) is 20.4. The maximum atomic E-state index is 3.89. The predicted octanol–water partition coefficient (Wildman–Crippen LogP) is 9.98. The lowest BCUT2D eigenvalue weighted by atomic mass is 9.82. The van der Waals surface area contributed by atoms with Crippen molar-refractivity contribution in [1.82, 2.24) is 0 Å². The van der Waals surface area contributed by atoms with Crippen molar-refractivity contribution in [3.8, 4) is 22.3 Å². The average molecular weight is 489 g/mol. The van der Waals surface area contributed by atoms with E-state index >= 15 is 0 Å². The Kier molecular flexibility index (Phi) is 4.61. The van der Waals surface area contributed by atoms with Crippen molar-refractivity contribution in [3.63, 3.8) is 0 Å². The zero-order valence-corrected chi connectivity index (χ0v) is 20.7. The van der Waals surface area contributed by atoms with Crippen molar-refractivity contribution in [2.24, 2.45) is 0 Å². The van der Waals surface area contributed by atoms with Gasteiger partial charge < -0.3 is 0 Å². The average Bonchev–Trinajstić information content (AvgIpc) is 2.83. The van der Waals surface area contributed by atoms with Crippen LogP contribution in [0.3, 0.4) is 0 Å². The molecule has 1 heteroatoms. The lowest BCUT2D eigenvalue weighted by Crippen LogP contribution is -2.10. The molecule has 0 atom stereocenters. The van der Waals surface area contributed by atoms with Crippen LogP contribution >= 0.6 is 15.9 Å². The summed E-state index contributed by atoms with van der Waals surface area (Å²) in [6.45, 7) is 6.86. The number of benzene rings is 6. The fraction of sp³-hybridized carbons (Fsp3) is 0.125. The van der Waals surface area contributed by atoms with Crippen molar-refractivity contribution in [2.75, 3.05) is 0 Å². The molecule has 0 fully saturated rings. The van der Waals surface area contributed by atoms with Gasteiger partial charge in [0.25, 0.3) is 0 Å². The number of hydrogen-bond acceptors (Lipinski definition) is 0. The summed E-state index contributed by atoms with van der Waals surface area (Å²) >= 11 is 3.89. The smallest absolute Gasteiger partial charge is 0.0260 e. The Morgan fingerprint density at radius 3 is 1.76 bits per heavy atom. The summed E-state index contributed by atoms with van der Waals surface area (Å²) < 4.78 is 1.14. The maximum Gasteiger partial charge on any atom is 0.0260 e. The van der Waals surface area contributed by atoms with Crippen molar-refractivity contribution < 1.29 is 0 Å². The highest BCUT2D eigenvalue weighted by atomic mass is 79.9. The molecule has 6 aromatic carbocycles. The van der Waals surface area contributed by atoms with Gasteiger partial charge in [0.2, 0.25) is 0 Å². The first-order valence-electron chi connectivity index (χ1n) is 11.5. The van der Waals surface area contributed by atoms with Crippen molar-refractivity contribution in [1.29, 1.82) is 0 Å². The second kappa shape index (κ2) is 7.43. The van der Waals surface area contributed by atoms with E-state index in [1.165, 1.54) is 60.1 Å². The molecule has 0 heterocycles. The van der Waals surface area contributed by atoms with Crippen LogP contribution in [0.4, 0.5) is 0 Å². The molecule has 33 heavy (non-hydrogen) atoms. The Morgan fingerprint density at radius 2 is 1.12 bits per heavy atom. The third kappa shape index (κ3) is 3.34. The molecule has 0 bridgehead atoms. The summed E-state index contributed by atoms with van der Waals surface area (Å²) in [5.74, 6) is 0. The summed E-state index contributed by atoms with van der Waals surface area (Å²) in [6.07, 6.45) is 0. The Morgan fingerprint density at radius 1 is 0.545 bits per heavy atom. The fourth-order valence-corrected chi connectivity index (χ4v) is 5.58. The highest BCUT2D eigenvalue weighted by molar-refractivity contribution is 9.10. The van der Waals surface area contributed by atoms with E-state index in [4.69, 9.17) is 0 Å².